The summed E-state index contributed by atoms with van der Waals surface area (Å²) >= 11 is 0. The highest BCUT2D eigenvalue weighted by Gasteiger charge is 2.53. The van der Waals surface area contributed by atoms with Gasteiger partial charge >= 0.3 is 35.8 Å². The lowest BCUT2D eigenvalue weighted by atomic mass is 9.98. The van der Waals surface area contributed by atoms with Crippen LogP contribution < -0.4 is 0 Å². The standard InChI is InChI=1S/C36H38N4O14/c1-18(41)47-16-28-32(51-21(4)44)33(52-22(5)45)34(53-23(6)46)36(54-28)48-17-27(49-19(2)42)31(50-20(3)43)29-30-35(38-26-15-11-10-14-25(26)37-30)40(39-29)24-12-8-7-9-13-24/h7-15,27-28,31-34,36H,16-17H2,1-6H3/t27?,28-,31+,32+,33+,34+,36?/m1/s1. The molecule has 0 aliphatic carbocycles. The Kier molecular flexibility index (Phi) is 12.5. The van der Waals surface area contributed by atoms with Gasteiger partial charge in [-0.25, -0.2) is 14.6 Å². The smallest absolute Gasteiger partial charge is 0.303 e. The second-order valence-electron chi connectivity index (χ2n) is 12.1. The normalized spacial score (nSPS) is 20.7. The third-order valence-electron chi connectivity index (χ3n) is 7.79. The maximum atomic E-state index is 12.7. The Morgan fingerprint density at radius 1 is 0.685 bits per heavy atom. The minimum absolute atomic E-state index is 0.0544. The molecule has 0 amide bonds. The first-order chi connectivity index (χ1) is 25.7. The van der Waals surface area contributed by atoms with Crippen molar-refractivity contribution in [2.75, 3.05) is 13.2 Å². The molecule has 1 fully saturated rings. The Morgan fingerprint density at radius 3 is 1.85 bits per heavy atom. The molecule has 0 bridgehead atoms. The van der Waals surface area contributed by atoms with Crippen molar-refractivity contribution in [3.05, 3.63) is 60.3 Å². The van der Waals surface area contributed by atoms with E-state index in [2.05, 4.69) is 0 Å². The first kappa shape index (κ1) is 39.2. The molecule has 18 heteroatoms. The first-order valence-electron chi connectivity index (χ1n) is 16.7. The maximum absolute atomic E-state index is 12.7. The lowest BCUT2D eigenvalue weighted by molar-refractivity contribution is -0.312. The molecule has 18 nitrogen and oxygen atoms in total. The van der Waals surface area contributed by atoms with Gasteiger partial charge in [0.25, 0.3) is 0 Å². The number of hydrogen-bond acceptors (Lipinski definition) is 17. The van der Waals surface area contributed by atoms with E-state index in [1.165, 1.54) is 4.68 Å². The molecule has 3 heterocycles. The number of aromatic nitrogens is 4. The average Bonchev–Trinajstić information content (AvgIpc) is 3.46. The molecule has 4 aromatic rings. The van der Waals surface area contributed by atoms with Gasteiger partial charge in [-0.15, -0.1) is 0 Å². The Hall–Kier alpha value is -6.01. The van der Waals surface area contributed by atoms with E-state index >= 15 is 0 Å². The molecule has 0 saturated carbocycles. The van der Waals surface area contributed by atoms with Gasteiger partial charge in [-0.3, -0.25) is 28.8 Å². The zero-order chi connectivity index (χ0) is 39.1. The highest BCUT2D eigenvalue weighted by molar-refractivity contribution is 5.87. The van der Waals surface area contributed by atoms with Crippen molar-refractivity contribution in [2.45, 2.75) is 84.5 Å². The van der Waals surface area contributed by atoms with Crippen LogP contribution in [0.1, 0.15) is 53.3 Å². The van der Waals surface area contributed by atoms with Crippen LogP contribution >= 0.6 is 0 Å². The van der Waals surface area contributed by atoms with Gasteiger partial charge in [-0.1, -0.05) is 30.3 Å². The number of fused-ring (bicyclic) bond motifs is 2. The second-order valence-corrected chi connectivity index (χ2v) is 12.1. The van der Waals surface area contributed by atoms with Crippen molar-refractivity contribution in [3.8, 4) is 5.69 Å². The van der Waals surface area contributed by atoms with Crippen LogP contribution in [0, 0.1) is 0 Å². The quantitative estimate of drug-likeness (QED) is 0.142. The summed E-state index contributed by atoms with van der Waals surface area (Å²) < 4.78 is 46.6. The number of esters is 6. The van der Waals surface area contributed by atoms with Gasteiger partial charge < -0.3 is 37.9 Å². The minimum Gasteiger partial charge on any atom is -0.463 e. The molecule has 0 radical (unpaired) electrons. The fourth-order valence-corrected chi connectivity index (χ4v) is 5.85. The van der Waals surface area contributed by atoms with Gasteiger partial charge in [-0.2, -0.15) is 5.10 Å². The minimum atomic E-state index is -1.64. The molecule has 2 unspecified atom stereocenters. The summed E-state index contributed by atoms with van der Waals surface area (Å²) in [6.45, 7) is 5.53. The number of rotatable bonds is 13. The number of ether oxygens (including phenoxy) is 8. The average molecular weight is 751 g/mol. The molecule has 5 rings (SSSR count). The predicted octanol–water partition coefficient (Wildman–Crippen LogP) is 2.60. The van der Waals surface area contributed by atoms with Crippen molar-refractivity contribution in [1.82, 2.24) is 19.7 Å². The highest BCUT2D eigenvalue weighted by atomic mass is 16.7. The number of carbonyl (C=O) groups is 6. The lowest BCUT2D eigenvalue weighted by Gasteiger charge is -2.44. The van der Waals surface area contributed by atoms with Crippen molar-refractivity contribution in [1.29, 1.82) is 0 Å². The van der Waals surface area contributed by atoms with Crippen molar-refractivity contribution in [3.63, 3.8) is 0 Å². The molecular formula is C36H38N4O14. The van der Waals surface area contributed by atoms with Gasteiger partial charge in [0.1, 0.15) is 23.9 Å². The Labute approximate surface area is 307 Å². The van der Waals surface area contributed by atoms with Crippen LogP contribution in [0.2, 0.25) is 0 Å². The third-order valence-corrected chi connectivity index (χ3v) is 7.79. The van der Waals surface area contributed by atoms with E-state index in [4.69, 9.17) is 53.0 Å². The Balaban J connectivity index is 1.59. The van der Waals surface area contributed by atoms with Crippen LogP contribution in [0.4, 0.5) is 0 Å². The zero-order valence-corrected chi connectivity index (χ0v) is 30.2. The maximum Gasteiger partial charge on any atom is 0.303 e. The van der Waals surface area contributed by atoms with Gasteiger partial charge in [0.05, 0.1) is 23.3 Å². The molecule has 1 saturated heterocycles. The van der Waals surface area contributed by atoms with E-state index in [0.717, 1.165) is 41.5 Å². The zero-order valence-electron chi connectivity index (χ0n) is 30.2. The van der Waals surface area contributed by atoms with E-state index in [-0.39, 0.29) is 11.2 Å². The van der Waals surface area contributed by atoms with Crippen LogP contribution in [0.3, 0.4) is 0 Å². The number of carbonyl (C=O) groups excluding carboxylic acids is 6. The highest BCUT2D eigenvalue weighted by Crippen LogP contribution is 2.34. The summed E-state index contributed by atoms with van der Waals surface area (Å²) in [5.74, 6) is -4.80. The molecule has 2 aromatic heterocycles. The molecule has 7 atom stereocenters. The van der Waals surface area contributed by atoms with E-state index in [1.54, 1.807) is 48.5 Å². The summed E-state index contributed by atoms with van der Waals surface area (Å²) in [6, 6.07) is 16.1. The monoisotopic (exact) mass is 750 g/mol. The number of benzene rings is 2. The van der Waals surface area contributed by atoms with E-state index < -0.39 is 91.9 Å². The van der Waals surface area contributed by atoms with E-state index in [1.807, 2.05) is 6.07 Å². The summed E-state index contributed by atoms with van der Waals surface area (Å²) in [6.07, 6.45) is -10.4. The van der Waals surface area contributed by atoms with Crippen LogP contribution in [0.15, 0.2) is 54.6 Å². The summed E-state index contributed by atoms with van der Waals surface area (Å²) in [5, 5.41) is 4.76. The topological polar surface area (TPSA) is 220 Å². The van der Waals surface area contributed by atoms with Crippen LogP contribution in [0.5, 0.6) is 0 Å². The SMILES string of the molecule is CC(=O)OC[C@H]1OC(OCC(OC(C)=O)[C@H](OC(C)=O)c2nn(-c3ccccc3)c3nc4ccccc4nc23)[C@@H](OC(C)=O)[C@@H](OC(C)=O)[C@H]1OC(C)=O. The molecule has 1 aliphatic rings. The van der Waals surface area contributed by atoms with Crippen LogP contribution in [0.25, 0.3) is 27.9 Å². The Bertz CT molecular complexity index is 2040. The number of para-hydroxylation sites is 3. The largest absolute Gasteiger partial charge is 0.463 e. The summed E-state index contributed by atoms with van der Waals surface area (Å²) in [4.78, 5) is 83.4. The van der Waals surface area contributed by atoms with Crippen molar-refractivity contribution < 1.29 is 66.7 Å². The Morgan fingerprint density at radius 2 is 1.26 bits per heavy atom. The summed E-state index contributed by atoms with van der Waals surface area (Å²) in [5.41, 5.74) is 2.22. The predicted molar refractivity (Wildman–Crippen MR) is 182 cm³/mol. The van der Waals surface area contributed by atoms with Gasteiger partial charge in [0.2, 0.25) is 0 Å². The fraction of sp³-hybridized carbons (Fsp3) is 0.417. The van der Waals surface area contributed by atoms with Crippen LogP contribution in [-0.2, 0) is 66.7 Å². The molecule has 2 aromatic carbocycles. The molecular weight excluding hydrogens is 712 g/mol. The molecule has 286 valence electrons. The summed E-state index contributed by atoms with van der Waals surface area (Å²) in [7, 11) is 0. The lowest BCUT2D eigenvalue weighted by Crippen LogP contribution is -2.63. The molecule has 0 N–H and O–H groups in total. The molecule has 0 spiro atoms. The van der Waals surface area contributed by atoms with Crippen molar-refractivity contribution >= 4 is 58.0 Å². The molecule has 54 heavy (non-hydrogen) atoms. The van der Waals surface area contributed by atoms with Crippen LogP contribution in [-0.4, -0.2) is 106 Å². The molecule has 1 aliphatic heterocycles. The fourth-order valence-electron chi connectivity index (χ4n) is 5.85. The van der Waals surface area contributed by atoms with Gasteiger partial charge in [0, 0.05) is 41.5 Å². The van der Waals surface area contributed by atoms with E-state index in [0.29, 0.717) is 22.4 Å². The van der Waals surface area contributed by atoms with E-state index in [9.17, 15) is 28.8 Å². The van der Waals surface area contributed by atoms with Gasteiger partial charge in [-0.05, 0) is 24.3 Å². The third kappa shape index (κ3) is 9.50. The first-order valence-corrected chi connectivity index (χ1v) is 16.7. The van der Waals surface area contributed by atoms with Gasteiger partial charge in [0.15, 0.2) is 42.5 Å². The number of hydrogen-bond donors (Lipinski definition) is 0. The van der Waals surface area contributed by atoms with Crippen molar-refractivity contribution in [2.24, 2.45) is 0 Å². The second kappa shape index (κ2) is 17.2. The number of nitrogens with zero attached hydrogens (tertiary/aromatic N) is 4.